The van der Waals surface area contributed by atoms with E-state index in [0.29, 0.717) is 60.9 Å². The van der Waals surface area contributed by atoms with E-state index in [4.69, 9.17) is 15.2 Å². The third-order valence-electron chi connectivity index (χ3n) is 8.43. The standard InChI is InChI=1S/C34H41N5O5/c1-43-30-15-9-25(22-31(30)44-2)34(42)37-28-21-24(33(41)36-27-12-10-26(35)11-13-27)8-14-29(28)38-16-18-39(19-17-38)32(40)20-23-6-4-3-5-7-23/h3-9,14-15,21-22,26-27H,10-13,16-20,35H2,1-2H3,(H,36,41)(H,37,42). The van der Waals surface area contributed by atoms with Gasteiger partial charge >= 0.3 is 0 Å². The van der Waals surface area contributed by atoms with E-state index in [1.165, 1.54) is 14.2 Å². The summed E-state index contributed by atoms with van der Waals surface area (Å²) in [4.78, 5) is 43.7. The molecule has 1 aliphatic carbocycles. The molecule has 232 valence electrons. The summed E-state index contributed by atoms with van der Waals surface area (Å²) in [6.07, 6.45) is 3.83. The fourth-order valence-corrected chi connectivity index (χ4v) is 5.84. The summed E-state index contributed by atoms with van der Waals surface area (Å²) in [7, 11) is 3.06. The Labute approximate surface area is 258 Å². The third-order valence-corrected chi connectivity index (χ3v) is 8.43. The Morgan fingerprint density at radius 1 is 0.795 bits per heavy atom. The number of anilines is 2. The fourth-order valence-electron chi connectivity index (χ4n) is 5.84. The number of amides is 3. The first kappa shape index (κ1) is 30.9. The van der Waals surface area contributed by atoms with E-state index < -0.39 is 0 Å². The van der Waals surface area contributed by atoms with E-state index in [9.17, 15) is 14.4 Å². The zero-order valence-electron chi connectivity index (χ0n) is 25.4. The molecule has 2 fully saturated rings. The number of nitrogens with zero attached hydrogens (tertiary/aromatic N) is 2. The van der Waals surface area contributed by atoms with Crippen LogP contribution in [0.5, 0.6) is 11.5 Å². The van der Waals surface area contributed by atoms with Crippen LogP contribution in [-0.4, -0.2) is 75.1 Å². The number of hydrogen-bond acceptors (Lipinski definition) is 7. The van der Waals surface area contributed by atoms with Crippen molar-refractivity contribution >= 4 is 29.1 Å². The van der Waals surface area contributed by atoms with Crippen molar-refractivity contribution in [3.63, 3.8) is 0 Å². The van der Waals surface area contributed by atoms with Crippen LogP contribution in [0, 0.1) is 0 Å². The highest BCUT2D eigenvalue weighted by atomic mass is 16.5. The summed E-state index contributed by atoms with van der Waals surface area (Å²) in [6, 6.07) is 20.4. The van der Waals surface area contributed by atoms with Crippen molar-refractivity contribution in [3.8, 4) is 11.5 Å². The minimum atomic E-state index is -0.345. The van der Waals surface area contributed by atoms with Crippen molar-refractivity contribution in [2.75, 3.05) is 50.6 Å². The number of carbonyl (C=O) groups is 3. The molecule has 4 N–H and O–H groups in total. The number of hydrogen-bond donors (Lipinski definition) is 3. The molecule has 44 heavy (non-hydrogen) atoms. The van der Waals surface area contributed by atoms with Crippen LogP contribution in [0.4, 0.5) is 11.4 Å². The number of nitrogens with two attached hydrogens (primary N) is 1. The van der Waals surface area contributed by atoms with Crippen LogP contribution >= 0.6 is 0 Å². The summed E-state index contributed by atoms with van der Waals surface area (Å²) in [5.74, 6) is 0.523. The van der Waals surface area contributed by atoms with Gasteiger partial charge in [0.1, 0.15) is 0 Å². The topological polar surface area (TPSA) is 126 Å². The normalized spacial score (nSPS) is 18.3. The number of benzene rings is 3. The van der Waals surface area contributed by atoms with Crippen molar-refractivity contribution in [2.45, 2.75) is 44.2 Å². The number of piperazine rings is 1. The first-order chi connectivity index (χ1) is 21.3. The maximum atomic E-state index is 13.5. The Hall–Kier alpha value is -4.57. The largest absolute Gasteiger partial charge is 0.493 e. The molecule has 3 amide bonds. The van der Waals surface area contributed by atoms with Crippen molar-refractivity contribution in [3.05, 3.63) is 83.4 Å². The Kier molecular flexibility index (Phi) is 10.0. The molecule has 5 rings (SSSR count). The van der Waals surface area contributed by atoms with E-state index >= 15 is 0 Å². The number of methoxy groups -OCH3 is 2. The number of rotatable bonds is 9. The van der Waals surface area contributed by atoms with E-state index in [0.717, 1.165) is 36.9 Å². The van der Waals surface area contributed by atoms with Crippen LogP contribution in [0.15, 0.2) is 66.7 Å². The van der Waals surface area contributed by atoms with E-state index in [2.05, 4.69) is 15.5 Å². The maximum absolute atomic E-state index is 13.5. The summed E-state index contributed by atoms with van der Waals surface area (Å²) in [5.41, 5.74) is 9.19. The molecular formula is C34H41N5O5. The van der Waals surface area contributed by atoms with Gasteiger partial charge < -0.3 is 35.6 Å². The summed E-state index contributed by atoms with van der Waals surface area (Å²) < 4.78 is 10.7. The molecule has 0 unspecified atom stereocenters. The van der Waals surface area contributed by atoms with E-state index in [1.807, 2.05) is 41.3 Å². The molecule has 1 saturated heterocycles. The molecule has 10 heteroatoms. The highest BCUT2D eigenvalue weighted by Crippen LogP contribution is 2.31. The SMILES string of the molecule is COc1ccc(C(=O)Nc2cc(C(=O)NC3CCC(N)CC3)ccc2N2CCN(C(=O)Cc3ccccc3)CC2)cc1OC. The van der Waals surface area contributed by atoms with Crippen LogP contribution in [0.25, 0.3) is 0 Å². The van der Waals surface area contributed by atoms with E-state index in [1.54, 1.807) is 30.3 Å². The van der Waals surface area contributed by atoms with Crippen LogP contribution in [-0.2, 0) is 11.2 Å². The van der Waals surface area contributed by atoms with Gasteiger partial charge in [-0.15, -0.1) is 0 Å². The summed E-state index contributed by atoms with van der Waals surface area (Å²) in [6.45, 7) is 2.29. The minimum absolute atomic E-state index is 0.0771. The van der Waals surface area contributed by atoms with Gasteiger partial charge in [0.25, 0.3) is 11.8 Å². The lowest BCUT2D eigenvalue weighted by atomic mass is 9.91. The Morgan fingerprint density at radius 2 is 1.45 bits per heavy atom. The molecule has 3 aromatic rings. The second-order valence-corrected chi connectivity index (χ2v) is 11.4. The quantitative estimate of drug-likeness (QED) is 0.341. The maximum Gasteiger partial charge on any atom is 0.255 e. The van der Waals surface area contributed by atoms with Gasteiger partial charge in [0, 0.05) is 49.4 Å². The second kappa shape index (κ2) is 14.3. The molecule has 3 aromatic carbocycles. The molecule has 0 atom stereocenters. The van der Waals surface area contributed by atoms with Crippen LogP contribution in [0.1, 0.15) is 52.0 Å². The van der Waals surface area contributed by atoms with Gasteiger partial charge in [-0.25, -0.2) is 0 Å². The van der Waals surface area contributed by atoms with Gasteiger partial charge in [0.15, 0.2) is 11.5 Å². The zero-order chi connectivity index (χ0) is 31.1. The van der Waals surface area contributed by atoms with Gasteiger partial charge in [-0.05, 0) is 67.6 Å². The molecule has 2 aliphatic rings. The van der Waals surface area contributed by atoms with Gasteiger partial charge in [-0.1, -0.05) is 30.3 Å². The zero-order valence-corrected chi connectivity index (χ0v) is 25.4. The molecule has 0 radical (unpaired) electrons. The second-order valence-electron chi connectivity index (χ2n) is 11.4. The molecule has 0 spiro atoms. The Morgan fingerprint density at radius 3 is 2.14 bits per heavy atom. The Bertz CT molecular complexity index is 1460. The molecule has 1 saturated carbocycles. The molecule has 0 bridgehead atoms. The number of ether oxygens (including phenoxy) is 2. The van der Waals surface area contributed by atoms with Crippen LogP contribution in [0.3, 0.4) is 0 Å². The minimum Gasteiger partial charge on any atom is -0.493 e. The lowest BCUT2D eigenvalue weighted by molar-refractivity contribution is -0.130. The number of nitrogens with one attached hydrogen (secondary N) is 2. The highest BCUT2D eigenvalue weighted by Gasteiger charge is 2.25. The van der Waals surface area contributed by atoms with Crippen molar-refractivity contribution in [1.29, 1.82) is 0 Å². The van der Waals surface area contributed by atoms with Crippen molar-refractivity contribution in [1.82, 2.24) is 10.2 Å². The van der Waals surface area contributed by atoms with Gasteiger partial charge in [-0.2, -0.15) is 0 Å². The molecule has 10 nitrogen and oxygen atoms in total. The average Bonchev–Trinajstić information content (AvgIpc) is 3.06. The molecular weight excluding hydrogens is 558 g/mol. The smallest absolute Gasteiger partial charge is 0.255 e. The average molecular weight is 600 g/mol. The number of carbonyl (C=O) groups excluding carboxylic acids is 3. The van der Waals surface area contributed by atoms with Gasteiger partial charge in [0.2, 0.25) is 5.91 Å². The van der Waals surface area contributed by atoms with E-state index in [-0.39, 0.29) is 29.8 Å². The first-order valence-electron chi connectivity index (χ1n) is 15.1. The van der Waals surface area contributed by atoms with Crippen LogP contribution in [0.2, 0.25) is 0 Å². The Balaban J connectivity index is 1.34. The lowest BCUT2D eigenvalue weighted by Gasteiger charge is -2.37. The fraction of sp³-hybridized carbons (Fsp3) is 0.382. The monoisotopic (exact) mass is 599 g/mol. The van der Waals surface area contributed by atoms with Gasteiger partial charge in [-0.3, -0.25) is 14.4 Å². The first-order valence-corrected chi connectivity index (χ1v) is 15.1. The van der Waals surface area contributed by atoms with Gasteiger partial charge in [0.05, 0.1) is 32.0 Å². The van der Waals surface area contributed by atoms with Crippen molar-refractivity contribution < 1.29 is 23.9 Å². The van der Waals surface area contributed by atoms with Crippen molar-refractivity contribution in [2.24, 2.45) is 5.73 Å². The summed E-state index contributed by atoms with van der Waals surface area (Å²) >= 11 is 0. The predicted octanol–water partition coefficient (Wildman–Crippen LogP) is 3.85. The van der Waals surface area contributed by atoms with Crippen LogP contribution < -0.4 is 30.7 Å². The molecule has 0 aromatic heterocycles. The lowest BCUT2D eigenvalue weighted by Crippen LogP contribution is -2.49. The highest BCUT2D eigenvalue weighted by molar-refractivity contribution is 6.07. The molecule has 1 heterocycles. The third kappa shape index (κ3) is 7.49. The predicted molar refractivity (Wildman–Crippen MR) is 171 cm³/mol. The summed E-state index contributed by atoms with van der Waals surface area (Å²) in [5, 5.41) is 6.17. The molecule has 1 aliphatic heterocycles.